The zero-order chi connectivity index (χ0) is 18.8. The fourth-order valence-electron chi connectivity index (χ4n) is 3.07. The van der Waals surface area contributed by atoms with Gasteiger partial charge in [0.2, 0.25) is 5.91 Å². The first-order chi connectivity index (χ1) is 13.1. The number of carbonyl (C=O) groups is 1. The van der Waals surface area contributed by atoms with Gasteiger partial charge < -0.3 is 9.64 Å². The molecule has 2 aromatic carbocycles. The highest BCUT2D eigenvalue weighted by Crippen LogP contribution is 2.30. The Balaban J connectivity index is 1.51. The van der Waals surface area contributed by atoms with E-state index in [0.717, 1.165) is 11.0 Å². The Morgan fingerprint density at radius 1 is 1.07 bits per heavy atom. The van der Waals surface area contributed by atoms with Crippen molar-refractivity contribution in [1.29, 1.82) is 0 Å². The van der Waals surface area contributed by atoms with E-state index < -0.39 is 0 Å². The Morgan fingerprint density at radius 2 is 1.81 bits per heavy atom. The number of para-hydroxylation sites is 2. The van der Waals surface area contributed by atoms with Crippen molar-refractivity contribution in [2.75, 3.05) is 36.5 Å². The van der Waals surface area contributed by atoms with Gasteiger partial charge in [-0.15, -0.1) is 0 Å². The first-order valence-electron chi connectivity index (χ1n) is 8.78. The van der Waals surface area contributed by atoms with Crippen LogP contribution in [0.15, 0.2) is 48.5 Å². The number of aromatic nitrogens is 2. The van der Waals surface area contributed by atoms with Gasteiger partial charge in [-0.25, -0.2) is 14.4 Å². The number of benzene rings is 2. The molecule has 138 valence electrons. The molecule has 0 saturated carbocycles. The number of nitrogens with zero attached hydrogens (tertiary/aromatic N) is 4. The Labute approximate surface area is 156 Å². The molecular formula is C20H19FN4O2. The molecule has 1 aliphatic heterocycles. The summed E-state index contributed by atoms with van der Waals surface area (Å²) in [6.07, 6.45) is 0.175. The maximum atomic E-state index is 13.2. The third-order valence-electron chi connectivity index (χ3n) is 4.49. The summed E-state index contributed by atoms with van der Waals surface area (Å²) >= 11 is 0. The SMILES string of the molecule is CN1CCN(C(=O)CCOc2cccc(F)c2)c2nc3ccccc3nc21. The van der Waals surface area contributed by atoms with E-state index in [9.17, 15) is 9.18 Å². The van der Waals surface area contributed by atoms with Crippen LogP contribution in [-0.4, -0.2) is 42.6 Å². The molecule has 2 heterocycles. The smallest absolute Gasteiger partial charge is 0.231 e. The van der Waals surface area contributed by atoms with E-state index in [4.69, 9.17) is 4.74 Å². The van der Waals surface area contributed by atoms with E-state index in [1.54, 1.807) is 17.0 Å². The van der Waals surface area contributed by atoms with Crippen molar-refractivity contribution in [3.63, 3.8) is 0 Å². The number of fused-ring (bicyclic) bond motifs is 2. The standard InChI is InChI=1S/C20H19FN4O2/c1-24-10-11-25(18(26)9-12-27-15-6-4-5-14(21)13-15)20-19(24)22-16-7-2-3-8-17(16)23-20/h2-8,13H,9-12H2,1H3. The van der Waals surface area contributed by atoms with Crippen LogP contribution in [0.3, 0.4) is 0 Å². The zero-order valence-electron chi connectivity index (χ0n) is 14.9. The maximum absolute atomic E-state index is 13.2. The molecule has 27 heavy (non-hydrogen) atoms. The molecule has 0 spiro atoms. The fourth-order valence-corrected chi connectivity index (χ4v) is 3.07. The lowest BCUT2D eigenvalue weighted by Gasteiger charge is -2.33. The second-order valence-electron chi connectivity index (χ2n) is 6.38. The van der Waals surface area contributed by atoms with Crippen molar-refractivity contribution in [2.24, 2.45) is 0 Å². The Morgan fingerprint density at radius 3 is 2.56 bits per heavy atom. The first kappa shape index (κ1) is 17.2. The van der Waals surface area contributed by atoms with Crippen LogP contribution in [0, 0.1) is 5.82 Å². The summed E-state index contributed by atoms with van der Waals surface area (Å²) in [5, 5.41) is 0. The van der Waals surface area contributed by atoms with E-state index in [0.29, 0.717) is 30.5 Å². The van der Waals surface area contributed by atoms with Crippen LogP contribution < -0.4 is 14.5 Å². The van der Waals surface area contributed by atoms with Gasteiger partial charge in [-0.3, -0.25) is 9.69 Å². The van der Waals surface area contributed by atoms with E-state index >= 15 is 0 Å². The number of halogens is 1. The topological polar surface area (TPSA) is 58.6 Å². The van der Waals surface area contributed by atoms with Crippen molar-refractivity contribution in [2.45, 2.75) is 6.42 Å². The molecule has 0 unspecified atom stereocenters. The molecule has 1 amide bonds. The van der Waals surface area contributed by atoms with Gasteiger partial charge in [0.25, 0.3) is 0 Å². The predicted molar refractivity (Wildman–Crippen MR) is 102 cm³/mol. The summed E-state index contributed by atoms with van der Waals surface area (Å²) in [5.74, 6) is 1.21. The third-order valence-corrected chi connectivity index (χ3v) is 4.49. The van der Waals surface area contributed by atoms with E-state index in [-0.39, 0.29) is 24.8 Å². The lowest BCUT2D eigenvalue weighted by molar-refractivity contribution is -0.119. The average molecular weight is 366 g/mol. The number of likely N-dealkylation sites (N-methyl/N-ethyl adjacent to an activating group) is 1. The third kappa shape index (κ3) is 3.53. The number of rotatable bonds is 4. The number of anilines is 2. The molecule has 0 fully saturated rings. The van der Waals surface area contributed by atoms with Gasteiger partial charge in [0.05, 0.1) is 24.1 Å². The number of hydrogen-bond donors (Lipinski definition) is 0. The Kier molecular flexibility index (Phi) is 4.58. The zero-order valence-corrected chi connectivity index (χ0v) is 14.9. The summed E-state index contributed by atoms with van der Waals surface area (Å²) < 4.78 is 18.7. The Hall–Kier alpha value is -3.22. The van der Waals surface area contributed by atoms with Gasteiger partial charge in [-0.05, 0) is 24.3 Å². The van der Waals surface area contributed by atoms with Crippen LogP contribution in [0.1, 0.15) is 6.42 Å². The molecule has 0 saturated heterocycles. The molecule has 4 rings (SSSR count). The number of carbonyl (C=O) groups excluding carboxylic acids is 1. The summed E-state index contributed by atoms with van der Waals surface area (Å²) in [7, 11) is 1.94. The monoisotopic (exact) mass is 366 g/mol. The molecule has 6 nitrogen and oxygen atoms in total. The van der Waals surface area contributed by atoms with Crippen LogP contribution in [0.25, 0.3) is 11.0 Å². The number of amides is 1. The number of hydrogen-bond acceptors (Lipinski definition) is 5. The molecule has 0 atom stereocenters. The highest BCUT2D eigenvalue weighted by atomic mass is 19.1. The minimum Gasteiger partial charge on any atom is -0.493 e. The van der Waals surface area contributed by atoms with E-state index in [1.807, 2.05) is 36.2 Å². The van der Waals surface area contributed by atoms with Gasteiger partial charge in [0.15, 0.2) is 11.6 Å². The van der Waals surface area contributed by atoms with Crippen molar-refractivity contribution in [3.05, 3.63) is 54.3 Å². The van der Waals surface area contributed by atoms with Gasteiger partial charge in [0, 0.05) is 26.2 Å². The van der Waals surface area contributed by atoms with Crippen LogP contribution >= 0.6 is 0 Å². The Bertz CT molecular complexity index is 995. The van der Waals surface area contributed by atoms with Crippen molar-refractivity contribution in [3.8, 4) is 5.75 Å². The normalized spacial score (nSPS) is 13.6. The quantitative estimate of drug-likeness (QED) is 0.710. The first-order valence-corrected chi connectivity index (χ1v) is 8.78. The summed E-state index contributed by atoms with van der Waals surface area (Å²) in [6, 6.07) is 13.5. The predicted octanol–water partition coefficient (Wildman–Crippen LogP) is 3.02. The van der Waals surface area contributed by atoms with Gasteiger partial charge in [0.1, 0.15) is 11.6 Å². The van der Waals surface area contributed by atoms with Crippen LogP contribution in [0.2, 0.25) is 0 Å². The molecule has 0 radical (unpaired) electrons. The van der Waals surface area contributed by atoms with Crippen molar-refractivity contribution in [1.82, 2.24) is 9.97 Å². The van der Waals surface area contributed by atoms with Gasteiger partial charge >= 0.3 is 0 Å². The van der Waals surface area contributed by atoms with Gasteiger partial charge in [-0.2, -0.15) is 0 Å². The molecular weight excluding hydrogens is 347 g/mol. The van der Waals surface area contributed by atoms with E-state index in [2.05, 4.69) is 9.97 Å². The summed E-state index contributed by atoms with van der Waals surface area (Å²) in [6.45, 7) is 1.39. The molecule has 1 aliphatic rings. The highest BCUT2D eigenvalue weighted by Gasteiger charge is 2.28. The maximum Gasteiger partial charge on any atom is 0.231 e. The van der Waals surface area contributed by atoms with Crippen LogP contribution in [0.4, 0.5) is 16.0 Å². The molecule has 0 N–H and O–H groups in total. The average Bonchev–Trinajstić information content (AvgIpc) is 2.67. The van der Waals surface area contributed by atoms with Crippen LogP contribution in [-0.2, 0) is 4.79 Å². The van der Waals surface area contributed by atoms with Crippen LogP contribution in [0.5, 0.6) is 5.75 Å². The summed E-state index contributed by atoms with van der Waals surface area (Å²) in [5.41, 5.74) is 1.55. The number of ether oxygens (including phenoxy) is 1. The lowest BCUT2D eigenvalue weighted by Crippen LogP contribution is -2.44. The molecule has 1 aromatic heterocycles. The van der Waals surface area contributed by atoms with Crippen molar-refractivity contribution < 1.29 is 13.9 Å². The second-order valence-corrected chi connectivity index (χ2v) is 6.38. The minimum atomic E-state index is -0.367. The minimum absolute atomic E-state index is 0.0923. The highest BCUT2D eigenvalue weighted by molar-refractivity contribution is 5.97. The largest absolute Gasteiger partial charge is 0.493 e. The molecule has 3 aromatic rings. The van der Waals surface area contributed by atoms with Gasteiger partial charge in [-0.1, -0.05) is 18.2 Å². The molecule has 0 aliphatic carbocycles. The lowest BCUT2D eigenvalue weighted by atomic mass is 10.2. The second kappa shape index (κ2) is 7.19. The fraction of sp³-hybridized carbons (Fsp3) is 0.250. The summed E-state index contributed by atoms with van der Waals surface area (Å²) in [4.78, 5) is 25.7. The van der Waals surface area contributed by atoms with E-state index in [1.165, 1.54) is 12.1 Å². The molecule has 0 bridgehead atoms. The van der Waals surface area contributed by atoms with Crippen molar-refractivity contribution >= 4 is 28.6 Å². The molecule has 7 heteroatoms.